The molecule has 41 heavy (non-hydrogen) atoms. The number of piperazine rings is 1. The van der Waals surface area contributed by atoms with Gasteiger partial charge in [0.15, 0.2) is 0 Å². The second-order valence-electron chi connectivity index (χ2n) is 11.9. The van der Waals surface area contributed by atoms with Crippen molar-refractivity contribution in [3.63, 3.8) is 0 Å². The topological polar surface area (TPSA) is 83.3 Å². The second-order valence-corrected chi connectivity index (χ2v) is 13.1. The molecule has 0 amide bonds. The van der Waals surface area contributed by atoms with Gasteiger partial charge in [0.2, 0.25) is 0 Å². The number of carbonyl (C=O) groups excluding carboxylic acids is 1. The minimum Gasteiger partial charge on any atom is -0.427 e. The normalized spacial score (nSPS) is 17.3. The van der Waals surface area contributed by atoms with E-state index in [0.717, 1.165) is 52.3 Å². The number of para-hydroxylation sites is 1. The second kappa shape index (κ2) is 12.7. The van der Waals surface area contributed by atoms with Crippen molar-refractivity contribution in [3.05, 3.63) is 68.9 Å². The molecule has 0 saturated carbocycles. The Bertz CT molecular complexity index is 1350. The zero-order chi connectivity index (χ0) is 29.1. The van der Waals surface area contributed by atoms with Crippen LogP contribution in [0.15, 0.2) is 48.5 Å². The molecular formula is C31H40IN5O4. The van der Waals surface area contributed by atoms with E-state index in [-0.39, 0.29) is 0 Å². The summed E-state index contributed by atoms with van der Waals surface area (Å²) in [4.78, 5) is 22.7. The molecule has 2 aliphatic heterocycles. The van der Waals surface area contributed by atoms with E-state index in [4.69, 9.17) is 14.7 Å². The maximum atomic E-state index is 12.3. The number of aromatic nitrogens is 2. The Morgan fingerprint density at radius 1 is 1.02 bits per heavy atom. The van der Waals surface area contributed by atoms with E-state index in [1.165, 1.54) is 11.3 Å². The molecule has 1 atom stereocenters. The van der Waals surface area contributed by atoms with Crippen LogP contribution in [0.3, 0.4) is 0 Å². The third kappa shape index (κ3) is 7.59. The first-order chi connectivity index (χ1) is 19.6. The molecule has 1 saturated heterocycles. The van der Waals surface area contributed by atoms with Crippen molar-refractivity contribution >= 4 is 34.4 Å². The van der Waals surface area contributed by atoms with E-state index in [1.807, 2.05) is 25.5 Å². The number of hydroxylamine groups is 2. The highest BCUT2D eigenvalue weighted by Gasteiger charge is 2.30. The van der Waals surface area contributed by atoms with Crippen LogP contribution in [0.2, 0.25) is 0 Å². The molecule has 1 unspecified atom stereocenters. The van der Waals surface area contributed by atoms with Gasteiger partial charge in [-0.2, -0.15) is 5.10 Å². The molecule has 2 aliphatic rings. The van der Waals surface area contributed by atoms with E-state index < -0.39 is 17.9 Å². The SMILES string of the molecule is Cc1ccccc1N1CCN(CC(O)Cn2nc(-c3ccc(I)cc3)c3c2CCN(OC(=O)OC(C)(C)C)C3)CC1. The van der Waals surface area contributed by atoms with Gasteiger partial charge in [-0.3, -0.25) is 9.58 Å². The van der Waals surface area contributed by atoms with Gasteiger partial charge < -0.3 is 19.6 Å². The van der Waals surface area contributed by atoms with Crippen LogP contribution in [0, 0.1) is 10.5 Å². The van der Waals surface area contributed by atoms with Gasteiger partial charge in [0.1, 0.15) is 5.60 Å². The summed E-state index contributed by atoms with van der Waals surface area (Å²) >= 11 is 2.29. The van der Waals surface area contributed by atoms with E-state index in [9.17, 15) is 9.90 Å². The Labute approximate surface area is 256 Å². The van der Waals surface area contributed by atoms with E-state index in [2.05, 4.69) is 87.8 Å². The molecule has 0 aliphatic carbocycles. The molecule has 9 nitrogen and oxygen atoms in total. The highest BCUT2D eigenvalue weighted by atomic mass is 127. The zero-order valence-electron chi connectivity index (χ0n) is 24.3. The Hall–Kier alpha value is -2.67. The van der Waals surface area contributed by atoms with Crippen LogP contribution in [-0.4, -0.2) is 82.0 Å². The molecule has 1 N–H and O–H groups in total. The number of aliphatic hydroxyl groups excluding tert-OH is 1. The van der Waals surface area contributed by atoms with Gasteiger partial charge in [0.05, 0.1) is 24.9 Å². The summed E-state index contributed by atoms with van der Waals surface area (Å²) in [5.41, 5.74) is 5.91. The average molecular weight is 674 g/mol. The largest absolute Gasteiger partial charge is 0.528 e. The number of nitrogens with zero attached hydrogens (tertiary/aromatic N) is 5. The third-order valence-corrected chi connectivity index (χ3v) is 8.21. The van der Waals surface area contributed by atoms with Crippen LogP contribution in [-0.2, 0) is 29.1 Å². The Kier molecular flexibility index (Phi) is 9.22. The van der Waals surface area contributed by atoms with Crippen molar-refractivity contribution in [2.24, 2.45) is 0 Å². The number of anilines is 1. The van der Waals surface area contributed by atoms with Crippen LogP contribution in [0.25, 0.3) is 11.3 Å². The predicted octanol–water partition coefficient (Wildman–Crippen LogP) is 4.87. The molecule has 0 bridgehead atoms. The number of hydrogen-bond donors (Lipinski definition) is 1. The molecule has 1 aromatic heterocycles. The summed E-state index contributed by atoms with van der Waals surface area (Å²) in [7, 11) is 0. The number of ether oxygens (including phenoxy) is 1. The zero-order valence-corrected chi connectivity index (χ0v) is 26.5. The monoisotopic (exact) mass is 673 g/mol. The number of benzene rings is 2. The Morgan fingerprint density at radius 3 is 2.41 bits per heavy atom. The quantitative estimate of drug-likeness (QED) is 0.281. The number of rotatable bonds is 7. The molecule has 3 heterocycles. The van der Waals surface area contributed by atoms with Gasteiger partial charge in [-0.15, -0.1) is 5.06 Å². The van der Waals surface area contributed by atoms with E-state index in [1.54, 1.807) is 5.06 Å². The highest BCUT2D eigenvalue weighted by molar-refractivity contribution is 14.1. The minimum absolute atomic E-state index is 0.410. The van der Waals surface area contributed by atoms with Crippen LogP contribution < -0.4 is 4.90 Å². The lowest BCUT2D eigenvalue weighted by atomic mass is 10.0. The van der Waals surface area contributed by atoms with Crippen molar-refractivity contribution in [1.29, 1.82) is 0 Å². The average Bonchev–Trinajstić information content (AvgIpc) is 3.26. The number of aliphatic hydroxyl groups is 1. The molecule has 2 aromatic carbocycles. The first-order valence-electron chi connectivity index (χ1n) is 14.3. The number of β-amino-alcohol motifs (C(OH)–C–C–N with tert-alkyl or cyclic N) is 1. The third-order valence-electron chi connectivity index (χ3n) is 7.49. The number of aryl methyl sites for hydroxylation is 1. The Balaban J connectivity index is 1.26. The fourth-order valence-electron chi connectivity index (χ4n) is 5.55. The van der Waals surface area contributed by atoms with Gasteiger partial charge >= 0.3 is 6.16 Å². The lowest BCUT2D eigenvalue weighted by Crippen LogP contribution is -2.49. The number of carbonyl (C=O) groups is 1. The summed E-state index contributed by atoms with van der Waals surface area (Å²) in [6, 6.07) is 16.8. The number of fused-ring (bicyclic) bond motifs is 1. The van der Waals surface area contributed by atoms with Crippen LogP contribution in [0.1, 0.15) is 37.6 Å². The van der Waals surface area contributed by atoms with Crippen LogP contribution in [0.5, 0.6) is 0 Å². The fourth-order valence-corrected chi connectivity index (χ4v) is 5.91. The molecule has 220 valence electrons. The molecule has 0 radical (unpaired) electrons. The van der Waals surface area contributed by atoms with Crippen LogP contribution >= 0.6 is 22.6 Å². The van der Waals surface area contributed by atoms with Crippen LogP contribution in [0.4, 0.5) is 10.5 Å². The molecule has 10 heteroatoms. The van der Waals surface area contributed by atoms with Crippen molar-refractivity contribution < 1.29 is 19.5 Å². The van der Waals surface area contributed by atoms with Crippen molar-refractivity contribution in [2.75, 3.05) is 44.2 Å². The minimum atomic E-state index is -0.706. The van der Waals surface area contributed by atoms with Crippen molar-refractivity contribution in [1.82, 2.24) is 19.7 Å². The number of hydrogen-bond acceptors (Lipinski definition) is 8. The molecule has 0 spiro atoms. The van der Waals surface area contributed by atoms with Crippen molar-refractivity contribution in [2.45, 2.75) is 58.9 Å². The fraction of sp³-hybridized carbons (Fsp3) is 0.484. The summed E-state index contributed by atoms with van der Waals surface area (Å²) in [6.45, 7) is 13.3. The summed E-state index contributed by atoms with van der Waals surface area (Å²) in [5.74, 6) is 0. The lowest BCUT2D eigenvalue weighted by Gasteiger charge is -2.37. The van der Waals surface area contributed by atoms with Gasteiger partial charge in [-0.25, -0.2) is 4.79 Å². The summed E-state index contributed by atoms with van der Waals surface area (Å²) in [6.07, 6.45) is -0.608. The standard InChI is InChI=1S/C31H40IN5O4/c1-22-7-5-6-8-27(22)35-17-15-34(16-18-35)19-25(38)20-37-28-13-14-36(41-30(39)40-31(2,3)4)21-26(28)29(33-37)23-9-11-24(32)12-10-23/h5-12,25,38H,13-21H2,1-4H3. The summed E-state index contributed by atoms with van der Waals surface area (Å²) in [5, 5.41) is 17.8. The predicted molar refractivity (Wildman–Crippen MR) is 168 cm³/mol. The molecule has 3 aromatic rings. The van der Waals surface area contributed by atoms with E-state index >= 15 is 0 Å². The first kappa shape index (κ1) is 29.8. The highest BCUT2D eigenvalue weighted by Crippen LogP contribution is 2.31. The maximum Gasteiger partial charge on any atom is 0.528 e. The Morgan fingerprint density at radius 2 is 1.73 bits per heavy atom. The van der Waals surface area contributed by atoms with Gasteiger partial charge in [-0.05, 0) is 74.0 Å². The smallest absolute Gasteiger partial charge is 0.427 e. The maximum absolute atomic E-state index is 12.3. The lowest BCUT2D eigenvalue weighted by molar-refractivity contribution is -0.151. The molecule has 5 rings (SSSR count). The molecule has 1 fully saturated rings. The van der Waals surface area contributed by atoms with Gasteiger partial charge in [-0.1, -0.05) is 30.3 Å². The van der Waals surface area contributed by atoms with Crippen molar-refractivity contribution in [3.8, 4) is 11.3 Å². The summed E-state index contributed by atoms with van der Waals surface area (Å²) < 4.78 is 8.46. The van der Waals surface area contributed by atoms with Gasteiger partial charge in [0.25, 0.3) is 0 Å². The van der Waals surface area contributed by atoms with Gasteiger partial charge in [0, 0.05) is 71.8 Å². The first-order valence-corrected chi connectivity index (χ1v) is 15.3. The molecular weight excluding hydrogens is 633 g/mol. The van der Waals surface area contributed by atoms with E-state index in [0.29, 0.717) is 32.6 Å². The number of halogens is 1.